The van der Waals surface area contributed by atoms with Crippen LogP contribution < -0.4 is 0 Å². The summed E-state index contributed by atoms with van der Waals surface area (Å²) in [6.45, 7) is 4.60. The van der Waals surface area contributed by atoms with E-state index in [1.165, 1.54) is 17.0 Å². The van der Waals surface area contributed by atoms with Crippen LogP contribution in [-0.2, 0) is 4.79 Å². The standard InChI is InChI=1S/C21H19FN2O2/c1-14-17-5-2-3-6-18(17)21(26)24(14)13-20(25)23-12-4-7-19(23)15-8-10-16(22)11-9-15/h2-3,5-6,8-11,19H,1,4,7,12-13H2. The Bertz CT molecular complexity index is 856. The summed E-state index contributed by atoms with van der Waals surface area (Å²) in [7, 11) is 0. The molecule has 1 saturated heterocycles. The third-order valence-corrected chi connectivity index (χ3v) is 5.16. The first-order valence-corrected chi connectivity index (χ1v) is 8.71. The number of carbonyl (C=O) groups excluding carboxylic acids is 2. The number of halogens is 1. The number of rotatable bonds is 3. The van der Waals surface area contributed by atoms with Crippen LogP contribution in [0.15, 0.2) is 55.1 Å². The summed E-state index contributed by atoms with van der Waals surface area (Å²) in [6, 6.07) is 13.5. The molecule has 1 unspecified atom stereocenters. The van der Waals surface area contributed by atoms with Gasteiger partial charge in [-0.05, 0) is 36.6 Å². The van der Waals surface area contributed by atoms with Crippen LogP contribution in [-0.4, -0.2) is 34.7 Å². The lowest BCUT2D eigenvalue weighted by Gasteiger charge is -2.27. The predicted octanol–water partition coefficient (Wildman–Crippen LogP) is 3.62. The largest absolute Gasteiger partial charge is 0.334 e. The van der Waals surface area contributed by atoms with Crippen LogP contribution in [0, 0.1) is 5.82 Å². The lowest BCUT2D eigenvalue weighted by molar-refractivity contribution is -0.132. The van der Waals surface area contributed by atoms with E-state index in [4.69, 9.17) is 0 Å². The first-order valence-electron chi connectivity index (χ1n) is 8.71. The molecule has 0 bridgehead atoms. The Balaban J connectivity index is 1.52. The second-order valence-electron chi connectivity index (χ2n) is 6.68. The maximum Gasteiger partial charge on any atom is 0.259 e. The highest BCUT2D eigenvalue weighted by Gasteiger charge is 2.36. The Labute approximate surface area is 151 Å². The molecule has 2 amide bonds. The molecule has 0 spiro atoms. The monoisotopic (exact) mass is 350 g/mol. The molecule has 5 heteroatoms. The summed E-state index contributed by atoms with van der Waals surface area (Å²) in [4.78, 5) is 28.8. The van der Waals surface area contributed by atoms with Crippen molar-refractivity contribution in [3.05, 3.63) is 77.6 Å². The maximum absolute atomic E-state index is 13.2. The zero-order chi connectivity index (χ0) is 18.3. The molecule has 1 atom stereocenters. The molecule has 2 aromatic rings. The van der Waals surface area contributed by atoms with E-state index in [1.54, 1.807) is 29.2 Å². The Kier molecular flexibility index (Phi) is 4.07. The fraction of sp³-hybridized carbons (Fsp3) is 0.238. The van der Waals surface area contributed by atoms with Gasteiger partial charge in [-0.3, -0.25) is 14.5 Å². The van der Waals surface area contributed by atoms with Crippen molar-refractivity contribution in [2.24, 2.45) is 0 Å². The SMILES string of the molecule is C=C1c2ccccc2C(=O)N1CC(=O)N1CCCC1c1ccc(F)cc1. The van der Waals surface area contributed by atoms with Crippen molar-refractivity contribution in [2.75, 3.05) is 13.1 Å². The van der Waals surface area contributed by atoms with Gasteiger partial charge in [0.05, 0.1) is 6.04 Å². The molecule has 132 valence electrons. The number of carbonyl (C=O) groups is 2. The number of hydrogen-bond donors (Lipinski definition) is 0. The van der Waals surface area contributed by atoms with Crippen LogP contribution in [0.5, 0.6) is 0 Å². The quantitative estimate of drug-likeness (QED) is 0.848. The van der Waals surface area contributed by atoms with E-state index < -0.39 is 0 Å². The molecule has 4 nitrogen and oxygen atoms in total. The zero-order valence-corrected chi connectivity index (χ0v) is 14.3. The number of hydrogen-bond acceptors (Lipinski definition) is 2. The summed E-state index contributed by atoms with van der Waals surface area (Å²) < 4.78 is 13.2. The van der Waals surface area contributed by atoms with E-state index in [0.29, 0.717) is 17.8 Å². The van der Waals surface area contributed by atoms with Crippen molar-refractivity contribution in [1.29, 1.82) is 0 Å². The Morgan fingerprint density at radius 3 is 2.50 bits per heavy atom. The van der Waals surface area contributed by atoms with Gasteiger partial charge in [-0.2, -0.15) is 0 Å². The van der Waals surface area contributed by atoms with Gasteiger partial charge in [0, 0.05) is 23.4 Å². The van der Waals surface area contributed by atoms with E-state index in [-0.39, 0.29) is 30.2 Å². The van der Waals surface area contributed by atoms with Crippen molar-refractivity contribution in [3.63, 3.8) is 0 Å². The fourth-order valence-electron chi connectivity index (χ4n) is 3.82. The first kappa shape index (κ1) is 16.5. The molecule has 0 saturated carbocycles. The van der Waals surface area contributed by atoms with Crippen molar-refractivity contribution in [1.82, 2.24) is 9.80 Å². The lowest BCUT2D eigenvalue weighted by Crippen LogP contribution is -2.39. The molecule has 0 aromatic heterocycles. The highest BCUT2D eigenvalue weighted by atomic mass is 19.1. The third kappa shape index (κ3) is 2.69. The Morgan fingerprint density at radius 1 is 1.12 bits per heavy atom. The molecule has 2 aromatic carbocycles. The second kappa shape index (κ2) is 6.41. The first-order chi connectivity index (χ1) is 12.6. The average Bonchev–Trinajstić information content (AvgIpc) is 3.23. The van der Waals surface area contributed by atoms with Crippen LogP contribution in [0.1, 0.15) is 40.4 Å². The van der Waals surface area contributed by atoms with Gasteiger partial charge in [0.1, 0.15) is 12.4 Å². The predicted molar refractivity (Wildman–Crippen MR) is 96.6 cm³/mol. The minimum atomic E-state index is -0.290. The number of likely N-dealkylation sites (tertiary alicyclic amines) is 1. The van der Waals surface area contributed by atoms with Crippen molar-refractivity contribution in [3.8, 4) is 0 Å². The van der Waals surface area contributed by atoms with Crippen LogP contribution in [0.2, 0.25) is 0 Å². The minimum absolute atomic E-state index is 0.0238. The molecule has 26 heavy (non-hydrogen) atoms. The van der Waals surface area contributed by atoms with Crippen molar-refractivity contribution in [2.45, 2.75) is 18.9 Å². The molecule has 2 heterocycles. The molecule has 0 radical (unpaired) electrons. The lowest BCUT2D eigenvalue weighted by atomic mass is 10.0. The van der Waals surface area contributed by atoms with Gasteiger partial charge in [0.25, 0.3) is 5.91 Å². The summed E-state index contributed by atoms with van der Waals surface area (Å²) in [5, 5.41) is 0. The number of amides is 2. The second-order valence-corrected chi connectivity index (χ2v) is 6.68. The van der Waals surface area contributed by atoms with Crippen LogP contribution in [0.3, 0.4) is 0 Å². The van der Waals surface area contributed by atoms with E-state index in [0.717, 1.165) is 24.0 Å². The van der Waals surface area contributed by atoms with E-state index in [9.17, 15) is 14.0 Å². The number of fused-ring (bicyclic) bond motifs is 1. The topological polar surface area (TPSA) is 40.6 Å². The fourth-order valence-corrected chi connectivity index (χ4v) is 3.82. The van der Waals surface area contributed by atoms with Gasteiger partial charge in [-0.1, -0.05) is 36.9 Å². The van der Waals surface area contributed by atoms with Gasteiger partial charge in [0.15, 0.2) is 0 Å². The molecule has 4 rings (SSSR count). The van der Waals surface area contributed by atoms with Gasteiger partial charge in [0.2, 0.25) is 5.91 Å². The summed E-state index contributed by atoms with van der Waals surface area (Å²) in [5.74, 6) is -0.586. The van der Waals surface area contributed by atoms with Crippen LogP contribution in [0.25, 0.3) is 5.70 Å². The normalized spacial score (nSPS) is 19.2. The zero-order valence-electron chi connectivity index (χ0n) is 14.3. The summed E-state index contributed by atoms with van der Waals surface area (Å²) in [5.41, 5.74) is 2.85. The highest BCUT2D eigenvalue weighted by Crippen LogP contribution is 2.34. The smallest absolute Gasteiger partial charge is 0.259 e. The molecule has 1 fully saturated rings. The molecule has 2 aliphatic rings. The van der Waals surface area contributed by atoms with Crippen molar-refractivity contribution < 1.29 is 14.0 Å². The molecule has 0 N–H and O–H groups in total. The minimum Gasteiger partial charge on any atom is -0.334 e. The van der Waals surface area contributed by atoms with E-state index >= 15 is 0 Å². The maximum atomic E-state index is 13.2. The number of benzene rings is 2. The van der Waals surface area contributed by atoms with Crippen LogP contribution in [0.4, 0.5) is 4.39 Å². The molecule has 0 aliphatic carbocycles. The van der Waals surface area contributed by atoms with Crippen LogP contribution >= 0.6 is 0 Å². The van der Waals surface area contributed by atoms with Gasteiger partial charge >= 0.3 is 0 Å². The molecule has 2 aliphatic heterocycles. The van der Waals surface area contributed by atoms with E-state index in [1.807, 2.05) is 12.1 Å². The summed E-state index contributed by atoms with van der Waals surface area (Å²) >= 11 is 0. The van der Waals surface area contributed by atoms with Crippen molar-refractivity contribution >= 4 is 17.5 Å². The van der Waals surface area contributed by atoms with Gasteiger partial charge in [-0.25, -0.2) is 4.39 Å². The molecular formula is C21H19FN2O2. The average molecular weight is 350 g/mol. The van der Waals surface area contributed by atoms with E-state index in [2.05, 4.69) is 6.58 Å². The Hall–Kier alpha value is -2.95. The number of nitrogens with zero attached hydrogens (tertiary/aromatic N) is 2. The molecular weight excluding hydrogens is 331 g/mol. The Morgan fingerprint density at radius 2 is 1.81 bits per heavy atom. The highest BCUT2D eigenvalue weighted by molar-refractivity contribution is 6.10. The summed E-state index contributed by atoms with van der Waals surface area (Å²) in [6.07, 6.45) is 1.73. The third-order valence-electron chi connectivity index (χ3n) is 5.16. The van der Waals surface area contributed by atoms with Gasteiger partial charge < -0.3 is 4.90 Å². The van der Waals surface area contributed by atoms with Gasteiger partial charge in [-0.15, -0.1) is 0 Å².